The average Bonchev–Trinajstić information content (AvgIpc) is 4.04. The van der Waals surface area contributed by atoms with Crippen molar-refractivity contribution in [2.75, 3.05) is 0 Å². The zero-order valence-electron chi connectivity index (χ0n) is 28.6. The molecule has 0 radical (unpaired) electrons. The molecule has 0 saturated carbocycles. The van der Waals surface area contributed by atoms with Gasteiger partial charge in [-0.3, -0.25) is 19.7 Å². The van der Waals surface area contributed by atoms with E-state index >= 15 is 0 Å². The Kier molecular flexibility index (Phi) is 8.05. The summed E-state index contributed by atoms with van der Waals surface area (Å²) in [5.74, 6) is 0.180. The molecule has 254 valence electrons. The fourth-order valence-electron chi connectivity index (χ4n) is 6.90. The van der Waals surface area contributed by atoms with E-state index in [4.69, 9.17) is 14.7 Å². The van der Waals surface area contributed by atoms with Crippen LogP contribution in [0.1, 0.15) is 36.1 Å². The number of nitrogens with one attached hydrogen (secondary N) is 2. The SMILES string of the molecule is CCC(=O)Oc1cccc(-c2c3ccc([nH]3)c(-c3ccncc3)c3nc(c(-c4ccncc4)c4nc(c(-c5ccncc5)c5ccc2[nH]5)C=C4)C=C3)c1. The van der Waals surface area contributed by atoms with Crippen molar-refractivity contribution in [1.82, 2.24) is 34.9 Å². The molecule has 9 nitrogen and oxygen atoms in total. The van der Waals surface area contributed by atoms with E-state index in [0.29, 0.717) is 5.75 Å². The van der Waals surface area contributed by atoms with Crippen LogP contribution in [0.5, 0.6) is 5.75 Å². The number of aromatic nitrogens is 7. The molecule has 9 rings (SSSR count). The van der Waals surface area contributed by atoms with Crippen molar-refractivity contribution in [3.8, 4) is 50.3 Å². The number of carbonyl (C=O) groups excluding carboxylic acids is 1. The molecule has 0 amide bonds. The van der Waals surface area contributed by atoms with Crippen molar-refractivity contribution in [3.63, 3.8) is 0 Å². The van der Waals surface area contributed by atoms with Crippen molar-refractivity contribution >= 4 is 52.3 Å². The lowest BCUT2D eigenvalue weighted by atomic mass is 10.0. The molecule has 0 fully saturated rings. The minimum absolute atomic E-state index is 0.277. The second kappa shape index (κ2) is 13.5. The molecule has 0 saturated heterocycles. The maximum atomic E-state index is 12.3. The van der Waals surface area contributed by atoms with E-state index in [2.05, 4.69) is 61.3 Å². The fourth-order valence-corrected chi connectivity index (χ4v) is 6.90. The Labute approximate surface area is 304 Å². The van der Waals surface area contributed by atoms with Crippen LogP contribution in [-0.4, -0.2) is 40.9 Å². The number of hydrogen-bond acceptors (Lipinski definition) is 7. The third-order valence-electron chi connectivity index (χ3n) is 9.30. The molecular weight excluding hydrogens is 659 g/mol. The van der Waals surface area contributed by atoms with Crippen LogP contribution in [0.25, 0.3) is 90.9 Å². The maximum absolute atomic E-state index is 12.3. The van der Waals surface area contributed by atoms with E-state index in [1.165, 1.54) is 0 Å². The molecule has 7 aromatic rings. The number of benzene rings is 1. The molecule has 2 aliphatic rings. The first-order valence-corrected chi connectivity index (χ1v) is 17.3. The Bertz CT molecular complexity index is 2610. The van der Waals surface area contributed by atoms with E-state index in [1.54, 1.807) is 50.2 Å². The molecule has 8 heterocycles. The predicted molar refractivity (Wildman–Crippen MR) is 210 cm³/mol. The minimum atomic E-state index is -0.296. The van der Waals surface area contributed by atoms with Crippen LogP contribution in [0, 0.1) is 0 Å². The Morgan fingerprint density at radius 1 is 0.509 bits per heavy atom. The molecule has 2 aliphatic heterocycles. The summed E-state index contributed by atoms with van der Waals surface area (Å²) in [6.45, 7) is 1.78. The van der Waals surface area contributed by atoms with Gasteiger partial charge in [0.1, 0.15) is 5.75 Å². The molecule has 2 N–H and O–H groups in total. The van der Waals surface area contributed by atoms with Gasteiger partial charge >= 0.3 is 5.97 Å². The van der Waals surface area contributed by atoms with Crippen molar-refractivity contribution in [2.45, 2.75) is 13.3 Å². The molecular formula is C44H31N7O2. The van der Waals surface area contributed by atoms with Crippen LogP contribution in [-0.2, 0) is 4.79 Å². The standard InChI is InChI=1S/C44H31N7O2/c1-2-40(52)53-31-5-3-4-30(26-31)44-38-12-10-36(50-38)42(28-16-22-46-23-17-28)34-8-6-32(48-34)41(27-14-20-45-21-15-27)33-7-9-35(49-33)43(29-18-24-47-25-19-29)37-11-13-39(44)51-37/h3-26,50-51H,2H2,1H3. The summed E-state index contributed by atoms with van der Waals surface area (Å²) >= 11 is 0. The lowest BCUT2D eigenvalue weighted by Crippen LogP contribution is -2.05. The topological polar surface area (TPSA) is 122 Å². The number of esters is 1. The monoisotopic (exact) mass is 689 g/mol. The van der Waals surface area contributed by atoms with Crippen molar-refractivity contribution < 1.29 is 9.53 Å². The quantitative estimate of drug-likeness (QED) is 0.132. The van der Waals surface area contributed by atoms with Crippen LogP contribution >= 0.6 is 0 Å². The predicted octanol–water partition coefficient (Wildman–Crippen LogP) is 9.82. The first kappa shape index (κ1) is 31.7. The molecule has 53 heavy (non-hydrogen) atoms. The highest BCUT2D eigenvalue weighted by atomic mass is 16.5. The third kappa shape index (κ3) is 6.00. The average molecular weight is 690 g/mol. The zero-order chi connectivity index (χ0) is 35.7. The van der Waals surface area contributed by atoms with Crippen molar-refractivity contribution in [2.24, 2.45) is 0 Å². The summed E-state index contributed by atoms with van der Waals surface area (Å²) < 4.78 is 5.67. The van der Waals surface area contributed by atoms with Crippen molar-refractivity contribution in [3.05, 3.63) is 145 Å². The van der Waals surface area contributed by atoms with E-state index in [0.717, 1.165) is 89.4 Å². The Hall–Kier alpha value is -7.26. The van der Waals surface area contributed by atoms with E-state index in [9.17, 15) is 4.79 Å². The van der Waals surface area contributed by atoms with E-state index < -0.39 is 0 Å². The number of rotatable bonds is 6. The van der Waals surface area contributed by atoms with Crippen LogP contribution in [0.4, 0.5) is 0 Å². The zero-order valence-corrected chi connectivity index (χ0v) is 28.6. The Balaban J connectivity index is 1.44. The second-order valence-corrected chi connectivity index (χ2v) is 12.6. The van der Waals surface area contributed by atoms with Gasteiger partial charge in [-0.25, -0.2) is 9.97 Å². The van der Waals surface area contributed by atoms with Crippen LogP contribution < -0.4 is 4.74 Å². The number of fused-ring (bicyclic) bond motifs is 8. The van der Waals surface area contributed by atoms with Crippen LogP contribution in [0.15, 0.2) is 122 Å². The number of carbonyl (C=O) groups is 1. The molecule has 9 heteroatoms. The maximum Gasteiger partial charge on any atom is 0.310 e. The Morgan fingerprint density at radius 3 is 1.38 bits per heavy atom. The summed E-state index contributed by atoms with van der Waals surface area (Å²) in [6, 6.07) is 27.9. The normalized spacial score (nSPS) is 11.9. The number of ether oxygens (including phenoxy) is 1. The number of H-pyrrole nitrogens is 2. The van der Waals surface area contributed by atoms with Gasteiger partial charge in [0, 0.05) is 87.9 Å². The first-order valence-electron chi connectivity index (χ1n) is 17.3. The minimum Gasteiger partial charge on any atom is -0.427 e. The smallest absolute Gasteiger partial charge is 0.310 e. The second-order valence-electron chi connectivity index (χ2n) is 12.6. The van der Waals surface area contributed by atoms with Crippen LogP contribution in [0.2, 0.25) is 0 Å². The van der Waals surface area contributed by atoms with E-state index in [-0.39, 0.29) is 12.4 Å². The molecule has 0 spiro atoms. The Morgan fingerprint density at radius 2 is 0.925 bits per heavy atom. The molecule has 6 aromatic heterocycles. The third-order valence-corrected chi connectivity index (χ3v) is 9.30. The van der Waals surface area contributed by atoms with Gasteiger partial charge in [-0.1, -0.05) is 19.1 Å². The molecule has 8 bridgehead atoms. The molecule has 0 unspecified atom stereocenters. The number of nitrogens with zero attached hydrogens (tertiary/aromatic N) is 5. The summed E-state index contributed by atoms with van der Waals surface area (Å²) in [6.07, 6.45) is 19.2. The highest BCUT2D eigenvalue weighted by Gasteiger charge is 2.19. The number of hydrogen-bond donors (Lipinski definition) is 2. The molecule has 1 aromatic carbocycles. The van der Waals surface area contributed by atoms with E-state index in [1.807, 2.05) is 66.7 Å². The summed E-state index contributed by atoms with van der Waals surface area (Å²) in [7, 11) is 0. The fraction of sp³-hybridized carbons (Fsp3) is 0.0455. The van der Waals surface area contributed by atoms with Gasteiger partial charge in [0.25, 0.3) is 0 Å². The van der Waals surface area contributed by atoms with Gasteiger partial charge in [-0.05, 0) is 119 Å². The summed E-state index contributed by atoms with van der Waals surface area (Å²) in [5.41, 5.74) is 14.1. The molecule has 0 aliphatic carbocycles. The highest BCUT2D eigenvalue weighted by molar-refractivity contribution is 6.00. The van der Waals surface area contributed by atoms with Crippen LogP contribution in [0.3, 0.4) is 0 Å². The number of aromatic amines is 2. The van der Waals surface area contributed by atoms with Crippen molar-refractivity contribution in [1.29, 1.82) is 0 Å². The summed E-state index contributed by atoms with van der Waals surface area (Å²) in [5, 5.41) is 0. The first-order chi connectivity index (χ1) is 26.1. The largest absolute Gasteiger partial charge is 0.427 e. The van der Waals surface area contributed by atoms with Gasteiger partial charge < -0.3 is 14.7 Å². The van der Waals surface area contributed by atoms with Gasteiger partial charge in [-0.15, -0.1) is 0 Å². The number of pyridine rings is 3. The lowest BCUT2D eigenvalue weighted by Gasteiger charge is -2.08. The summed E-state index contributed by atoms with van der Waals surface area (Å²) in [4.78, 5) is 43.2. The van der Waals surface area contributed by atoms with Gasteiger partial charge in [-0.2, -0.15) is 0 Å². The van der Waals surface area contributed by atoms with Gasteiger partial charge in [0.15, 0.2) is 0 Å². The lowest BCUT2D eigenvalue weighted by molar-refractivity contribution is -0.134. The van der Waals surface area contributed by atoms with Gasteiger partial charge in [0.05, 0.1) is 22.8 Å². The van der Waals surface area contributed by atoms with Gasteiger partial charge in [0.2, 0.25) is 0 Å². The molecule has 0 atom stereocenters. The highest BCUT2D eigenvalue weighted by Crippen LogP contribution is 2.38.